The topological polar surface area (TPSA) is 20.3 Å². The number of ketones is 1. The number of piperidine rings is 2. The van der Waals surface area contributed by atoms with E-state index in [4.69, 9.17) is 0 Å². The Labute approximate surface area is 114 Å². The SMILES string of the molecule is O=C1CC2CC3CCCC2N3/C1=C\c1ccccc1. The standard InChI is InChI=1S/C17H19NO/c19-17-11-13-10-14-7-4-8-15(13)18(14)16(17)9-12-5-2-1-3-6-12/h1-3,5-6,9,13-15H,4,7-8,10-11H2/b16-9-. The van der Waals surface area contributed by atoms with Gasteiger partial charge in [0.1, 0.15) is 0 Å². The molecule has 1 aromatic carbocycles. The number of allylic oxidation sites excluding steroid dienone is 1. The number of rotatable bonds is 1. The van der Waals surface area contributed by atoms with Gasteiger partial charge in [-0.2, -0.15) is 0 Å². The molecule has 0 radical (unpaired) electrons. The summed E-state index contributed by atoms with van der Waals surface area (Å²) in [5, 5.41) is 0. The first-order valence-electron chi connectivity index (χ1n) is 7.41. The zero-order chi connectivity index (χ0) is 12.8. The van der Waals surface area contributed by atoms with E-state index in [1.54, 1.807) is 0 Å². The first-order valence-corrected chi connectivity index (χ1v) is 7.41. The smallest absolute Gasteiger partial charge is 0.179 e. The molecule has 0 N–H and O–H groups in total. The summed E-state index contributed by atoms with van der Waals surface area (Å²) in [5.41, 5.74) is 2.13. The van der Waals surface area contributed by atoms with E-state index in [1.807, 2.05) is 18.2 Å². The van der Waals surface area contributed by atoms with Crippen molar-refractivity contribution in [1.82, 2.24) is 4.90 Å². The number of carbonyl (C=O) groups is 1. The summed E-state index contributed by atoms with van der Waals surface area (Å²) >= 11 is 0. The molecule has 2 heteroatoms. The van der Waals surface area contributed by atoms with Crippen LogP contribution in [0.15, 0.2) is 36.0 Å². The minimum Gasteiger partial charge on any atom is -0.362 e. The number of carbonyl (C=O) groups excluding carboxylic acids is 1. The quantitative estimate of drug-likeness (QED) is 0.716. The number of hydrogen-bond donors (Lipinski definition) is 0. The van der Waals surface area contributed by atoms with Gasteiger partial charge >= 0.3 is 0 Å². The van der Waals surface area contributed by atoms with Crippen LogP contribution in [-0.4, -0.2) is 22.8 Å². The van der Waals surface area contributed by atoms with Crippen LogP contribution in [0.5, 0.6) is 0 Å². The van der Waals surface area contributed by atoms with E-state index in [9.17, 15) is 4.79 Å². The molecule has 3 aliphatic rings. The first kappa shape index (κ1) is 11.3. The predicted molar refractivity (Wildman–Crippen MR) is 75.4 cm³/mol. The summed E-state index contributed by atoms with van der Waals surface area (Å²) in [5.74, 6) is 0.988. The molecule has 3 aliphatic heterocycles. The molecule has 0 spiro atoms. The highest BCUT2D eigenvalue weighted by Crippen LogP contribution is 2.47. The Hall–Kier alpha value is -1.57. The fourth-order valence-electron chi connectivity index (χ4n) is 4.26. The van der Waals surface area contributed by atoms with Crippen molar-refractivity contribution in [2.24, 2.45) is 5.92 Å². The van der Waals surface area contributed by atoms with Crippen molar-refractivity contribution < 1.29 is 4.79 Å². The molecule has 3 fully saturated rings. The molecule has 0 aliphatic carbocycles. The zero-order valence-electron chi connectivity index (χ0n) is 11.1. The first-order chi connectivity index (χ1) is 9.33. The molecule has 4 rings (SSSR count). The minimum absolute atomic E-state index is 0.356. The number of hydrogen-bond acceptors (Lipinski definition) is 2. The number of nitrogens with zero attached hydrogens (tertiary/aromatic N) is 1. The Balaban J connectivity index is 1.74. The van der Waals surface area contributed by atoms with Gasteiger partial charge in [0.25, 0.3) is 0 Å². The third kappa shape index (κ3) is 1.73. The van der Waals surface area contributed by atoms with Gasteiger partial charge in [-0.25, -0.2) is 0 Å². The highest BCUT2D eigenvalue weighted by atomic mass is 16.1. The largest absolute Gasteiger partial charge is 0.362 e. The summed E-state index contributed by atoms with van der Waals surface area (Å²) < 4.78 is 0. The van der Waals surface area contributed by atoms with Crippen molar-refractivity contribution in [2.45, 2.75) is 44.2 Å². The molecule has 4 bridgehead atoms. The Morgan fingerprint density at radius 1 is 1.16 bits per heavy atom. The summed E-state index contributed by atoms with van der Waals surface area (Å²) in [4.78, 5) is 14.8. The van der Waals surface area contributed by atoms with Crippen LogP contribution in [0, 0.1) is 5.92 Å². The van der Waals surface area contributed by atoms with Crippen molar-refractivity contribution in [1.29, 1.82) is 0 Å². The van der Waals surface area contributed by atoms with Crippen LogP contribution in [0.25, 0.3) is 6.08 Å². The molecule has 3 saturated heterocycles. The van der Waals surface area contributed by atoms with E-state index in [1.165, 1.54) is 25.7 Å². The lowest BCUT2D eigenvalue weighted by molar-refractivity contribution is -0.120. The van der Waals surface area contributed by atoms with E-state index in [0.717, 1.165) is 17.7 Å². The van der Waals surface area contributed by atoms with Crippen LogP contribution in [0.3, 0.4) is 0 Å². The highest BCUT2D eigenvalue weighted by Gasteiger charge is 2.49. The third-order valence-electron chi connectivity index (χ3n) is 5.02. The molecule has 0 aromatic heterocycles. The summed E-state index contributed by atoms with van der Waals surface area (Å²) in [6.07, 6.45) is 8.01. The second kappa shape index (κ2) is 4.22. The normalized spacial score (nSPS) is 34.9. The van der Waals surface area contributed by atoms with Gasteiger partial charge in [0.2, 0.25) is 0 Å². The van der Waals surface area contributed by atoms with Gasteiger partial charge in [-0.1, -0.05) is 30.3 Å². The van der Waals surface area contributed by atoms with E-state index in [2.05, 4.69) is 23.1 Å². The van der Waals surface area contributed by atoms with E-state index < -0.39 is 0 Å². The predicted octanol–water partition coefficient (Wildman–Crippen LogP) is 3.24. The van der Waals surface area contributed by atoms with Crippen molar-refractivity contribution in [2.75, 3.05) is 0 Å². The molecule has 3 heterocycles. The third-order valence-corrected chi connectivity index (χ3v) is 5.02. The number of Topliss-reactive ketones (excluding diaryl/α,β-unsaturated/α-hetero) is 1. The summed E-state index contributed by atoms with van der Waals surface area (Å²) in [7, 11) is 0. The second-order valence-corrected chi connectivity index (χ2v) is 6.12. The molecule has 0 amide bonds. The lowest BCUT2D eigenvalue weighted by atomic mass is 9.87. The zero-order valence-corrected chi connectivity index (χ0v) is 11.1. The average Bonchev–Trinajstić information content (AvgIpc) is 2.58. The Morgan fingerprint density at radius 2 is 2.00 bits per heavy atom. The van der Waals surface area contributed by atoms with Crippen LogP contribution in [0.2, 0.25) is 0 Å². The maximum atomic E-state index is 12.4. The van der Waals surface area contributed by atoms with E-state index in [0.29, 0.717) is 23.8 Å². The van der Waals surface area contributed by atoms with Crippen molar-refractivity contribution in [3.8, 4) is 0 Å². The Morgan fingerprint density at radius 3 is 2.84 bits per heavy atom. The van der Waals surface area contributed by atoms with Crippen LogP contribution in [-0.2, 0) is 4.79 Å². The van der Waals surface area contributed by atoms with Crippen molar-refractivity contribution >= 4 is 11.9 Å². The monoisotopic (exact) mass is 253 g/mol. The summed E-state index contributed by atoms with van der Waals surface area (Å²) in [6.45, 7) is 0. The van der Waals surface area contributed by atoms with Gasteiger partial charge in [0.05, 0.1) is 5.70 Å². The lowest BCUT2D eigenvalue weighted by Gasteiger charge is -2.41. The molecular formula is C17H19NO. The van der Waals surface area contributed by atoms with Crippen LogP contribution in [0.1, 0.15) is 37.7 Å². The maximum Gasteiger partial charge on any atom is 0.179 e. The van der Waals surface area contributed by atoms with Crippen LogP contribution in [0.4, 0.5) is 0 Å². The Bertz CT molecular complexity index is 533. The maximum absolute atomic E-state index is 12.4. The van der Waals surface area contributed by atoms with Gasteiger partial charge < -0.3 is 4.90 Å². The highest BCUT2D eigenvalue weighted by molar-refractivity contribution is 6.00. The molecule has 2 nitrogen and oxygen atoms in total. The van der Waals surface area contributed by atoms with Gasteiger partial charge in [0, 0.05) is 18.5 Å². The van der Waals surface area contributed by atoms with Gasteiger partial charge in [-0.15, -0.1) is 0 Å². The molecule has 1 aromatic rings. The van der Waals surface area contributed by atoms with Crippen LogP contribution >= 0.6 is 0 Å². The van der Waals surface area contributed by atoms with Crippen LogP contribution < -0.4 is 0 Å². The fraction of sp³-hybridized carbons (Fsp3) is 0.471. The molecular weight excluding hydrogens is 234 g/mol. The van der Waals surface area contributed by atoms with E-state index >= 15 is 0 Å². The lowest BCUT2D eigenvalue weighted by Crippen LogP contribution is -2.45. The van der Waals surface area contributed by atoms with Gasteiger partial charge in [-0.05, 0) is 43.2 Å². The molecule has 98 valence electrons. The molecule has 0 saturated carbocycles. The van der Waals surface area contributed by atoms with Crippen molar-refractivity contribution in [3.05, 3.63) is 41.6 Å². The summed E-state index contributed by atoms with van der Waals surface area (Å²) in [6, 6.07) is 11.5. The number of benzene rings is 1. The minimum atomic E-state index is 0.356. The van der Waals surface area contributed by atoms with Gasteiger partial charge in [0.15, 0.2) is 5.78 Å². The van der Waals surface area contributed by atoms with Gasteiger partial charge in [-0.3, -0.25) is 4.79 Å². The van der Waals surface area contributed by atoms with E-state index in [-0.39, 0.29) is 0 Å². The Kier molecular flexibility index (Phi) is 2.51. The fourth-order valence-corrected chi connectivity index (χ4v) is 4.26. The molecule has 3 atom stereocenters. The second-order valence-electron chi connectivity index (χ2n) is 6.12. The average molecular weight is 253 g/mol. The molecule has 3 unspecified atom stereocenters. The van der Waals surface area contributed by atoms with Crippen molar-refractivity contribution in [3.63, 3.8) is 0 Å². The molecule has 19 heavy (non-hydrogen) atoms.